The Morgan fingerprint density at radius 3 is 2.63 bits per heavy atom. The highest BCUT2D eigenvalue weighted by Gasteiger charge is 2.20. The summed E-state index contributed by atoms with van der Waals surface area (Å²) < 4.78 is 0. The molecule has 2 aliphatic heterocycles. The van der Waals surface area contributed by atoms with E-state index in [9.17, 15) is 4.79 Å². The van der Waals surface area contributed by atoms with E-state index < -0.39 is 0 Å². The van der Waals surface area contributed by atoms with E-state index in [1.54, 1.807) is 12.3 Å². The van der Waals surface area contributed by atoms with Gasteiger partial charge in [-0.3, -0.25) is 14.8 Å². The van der Waals surface area contributed by atoms with Crippen LogP contribution in [0.4, 0.5) is 5.69 Å². The molecular formula is C31H38N6O. The SMILES string of the molecule is C=C/C=C(\C=C(/C)C(=O)NC(C)C)C1=NCNC(c2ccc(N3CCN(C)CC3)c(-c3cccnc3)c2)=C1. The molecule has 7 heteroatoms. The van der Waals surface area contributed by atoms with Crippen LogP contribution in [0.25, 0.3) is 16.8 Å². The number of piperazine rings is 1. The zero-order valence-electron chi connectivity index (χ0n) is 22.9. The van der Waals surface area contributed by atoms with Crippen molar-refractivity contribution in [1.82, 2.24) is 20.5 Å². The van der Waals surface area contributed by atoms with Crippen molar-refractivity contribution < 1.29 is 4.79 Å². The van der Waals surface area contributed by atoms with Crippen LogP contribution in [0.5, 0.6) is 0 Å². The molecule has 1 aromatic carbocycles. The third kappa shape index (κ3) is 6.66. The Hall–Kier alpha value is -3.97. The highest BCUT2D eigenvalue weighted by molar-refractivity contribution is 6.15. The van der Waals surface area contributed by atoms with Crippen LogP contribution in [0.15, 0.2) is 89.7 Å². The molecular weight excluding hydrogens is 472 g/mol. The summed E-state index contributed by atoms with van der Waals surface area (Å²) in [5.41, 5.74) is 7.81. The third-order valence-electron chi connectivity index (χ3n) is 6.67. The molecule has 0 spiro atoms. The van der Waals surface area contributed by atoms with Crippen LogP contribution in [0, 0.1) is 0 Å². The van der Waals surface area contributed by atoms with Gasteiger partial charge >= 0.3 is 0 Å². The molecule has 2 aromatic rings. The molecule has 2 N–H and O–H groups in total. The van der Waals surface area contributed by atoms with Crippen LogP contribution in [0.3, 0.4) is 0 Å². The lowest BCUT2D eigenvalue weighted by Gasteiger charge is -2.35. The zero-order valence-corrected chi connectivity index (χ0v) is 22.9. The van der Waals surface area contributed by atoms with Crippen LogP contribution >= 0.6 is 0 Å². The molecule has 0 saturated carbocycles. The first kappa shape index (κ1) is 27.1. The molecule has 7 nitrogen and oxygen atoms in total. The summed E-state index contributed by atoms with van der Waals surface area (Å²) in [7, 11) is 2.17. The maximum absolute atomic E-state index is 12.5. The van der Waals surface area contributed by atoms with E-state index in [-0.39, 0.29) is 11.9 Å². The second kappa shape index (κ2) is 12.5. The fraction of sp³-hybridized carbons (Fsp3) is 0.323. The molecule has 0 radical (unpaired) electrons. The molecule has 1 aromatic heterocycles. The maximum Gasteiger partial charge on any atom is 0.247 e. The smallest absolute Gasteiger partial charge is 0.247 e. The summed E-state index contributed by atoms with van der Waals surface area (Å²) >= 11 is 0. The number of carbonyl (C=O) groups excluding carboxylic acids is 1. The fourth-order valence-electron chi connectivity index (χ4n) is 4.59. The number of hydrogen-bond donors (Lipinski definition) is 2. The summed E-state index contributed by atoms with van der Waals surface area (Å²) in [4.78, 5) is 26.4. The van der Waals surface area contributed by atoms with Crippen molar-refractivity contribution in [3.05, 3.63) is 90.3 Å². The standard InChI is InChI=1S/C31H38N6O/c1-6-8-24(17-23(4)31(38)35-22(2)3)28-19-29(34-21-33-28)25-10-11-30(37-15-13-36(5)14-16-37)27(18-25)26-9-7-12-32-20-26/h6-12,17-20,22,34H,1,13-16,21H2,2-5H3,(H,35,38)/b23-17+,24-8+. The molecule has 1 saturated heterocycles. The number of hydrogen-bond acceptors (Lipinski definition) is 6. The van der Waals surface area contributed by atoms with Crippen molar-refractivity contribution in [2.45, 2.75) is 26.8 Å². The molecule has 3 heterocycles. The van der Waals surface area contributed by atoms with Crippen LogP contribution in [0.1, 0.15) is 26.3 Å². The van der Waals surface area contributed by atoms with E-state index in [2.05, 4.69) is 63.3 Å². The maximum atomic E-state index is 12.5. The van der Waals surface area contributed by atoms with Crippen molar-refractivity contribution in [2.24, 2.45) is 4.99 Å². The number of carbonyl (C=O) groups is 1. The number of allylic oxidation sites excluding steroid dienone is 5. The first-order chi connectivity index (χ1) is 18.4. The van der Waals surface area contributed by atoms with Gasteiger partial charge in [0.05, 0.1) is 5.71 Å². The topological polar surface area (TPSA) is 72.9 Å². The Bertz CT molecular complexity index is 1280. The lowest BCUT2D eigenvalue weighted by molar-refractivity contribution is -0.117. The Labute approximate surface area is 226 Å². The van der Waals surface area contributed by atoms with Gasteiger partial charge in [0, 0.05) is 78.3 Å². The van der Waals surface area contributed by atoms with Gasteiger partial charge in [-0.05, 0) is 63.7 Å². The van der Waals surface area contributed by atoms with Crippen molar-refractivity contribution in [1.29, 1.82) is 0 Å². The molecule has 198 valence electrons. The van der Waals surface area contributed by atoms with Crippen molar-refractivity contribution in [3.8, 4) is 11.1 Å². The number of anilines is 1. The van der Waals surface area contributed by atoms with Crippen molar-refractivity contribution in [3.63, 3.8) is 0 Å². The minimum atomic E-state index is -0.0886. The average Bonchev–Trinajstić information content (AvgIpc) is 2.93. The lowest BCUT2D eigenvalue weighted by atomic mass is 9.97. The highest BCUT2D eigenvalue weighted by Crippen LogP contribution is 2.34. The second-order valence-electron chi connectivity index (χ2n) is 10.0. The molecule has 0 aliphatic carbocycles. The first-order valence-electron chi connectivity index (χ1n) is 13.2. The number of benzene rings is 1. The summed E-state index contributed by atoms with van der Waals surface area (Å²) in [5, 5.41) is 6.38. The molecule has 0 bridgehead atoms. The van der Waals surface area contributed by atoms with Gasteiger partial charge in [0.15, 0.2) is 0 Å². The van der Waals surface area contributed by atoms with Gasteiger partial charge in [-0.1, -0.05) is 30.9 Å². The van der Waals surface area contributed by atoms with Crippen molar-refractivity contribution in [2.75, 3.05) is 44.8 Å². The minimum absolute atomic E-state index is 0.0724. The average molecular weight is 511 g/mol. The van der Waals surface area contributed by atoms with E-state index in [0.717, 1.165) is 59.9 Å². The molecule has 4 rings (SSSR count). The van der Waals surface area contributed by atoms with E-state index >= 15 is 0 Å². The predicted octanol–water partition coefficient (Wildman–Crippen LogP) is 4.43. The lowest BCUT2D eigenvalue weighted by Crippen LogP contribution is -2.44. The van der Waals surface area contributed by atoms with Gasteiger partial charge in [-0.15, -0.1) is 0 Å². The number of aliphatic imine (C=N–C) groups is 1. The largest absolute Gasteiger partial charge is 0.368 e. The van der Waals surface area contributed by atoms with Crippen LogP contribution < -0.4 is 15.5 Å². The number of nitrogens with zero attached hydrogens (tertiary/aromatic N) is 4. The van der Waals surface area contributed by atoms with E-state index in [1.807, 2.05) is 51.3 Å². The van der Waals surface area contributed by atoms with Gasteiger partial charge in [0.2, 0.25) is 5.91 Å². The Balaban J connectivity index is 1.68. The van der Waals surface area contributed by atoms with Crippen molar-refractivity contribution >= 4 is 23.0 Å². The van der Waals surface area contributed by atoms with Gasteiger partial charge in [0.1, 0.15) is 6.67 Å². The number of rotatable bonds is 8. The van der Waals surface area contributed by atoms with Crippen LogP contribution in [-0.4, -0.2) is 67.4 Å². The molecule has 2 aliphatic rings. The van der Waals surface area contributed by atoms with Gasteiger partial charge in [0.25, 0.3) is 0 Å². The summed E-state index contributed by atoms with van der Waals surface area (Å²) in [5.74, 6) is -0.0886. The number of nitrogens with one attached hydrogen (secondary N) is 2. The summed E-state index contributed by atoms with van der Waals surface area (Å²) in [6.45, 7) is 14.1. The first-order valence-corrected chi connectivity index (χ1v) is 13.2. The molecule has 0 unspecified atom stereocenters. The molecule has 1 fully saturated rings. The van der Waals surface area contributed by atoms with Gasteiger partial charge in [-0.2, -0.15) is 0 Å². The molecule has 0 atom stereocenters. The van der Waals surface area contributed by atoms with E-state index in [0.29, 0.717) is 12.2 Å². The number of pyridine rings is 1. The van der Waals surface area contributed by atoms with Gasteiger partial charge in [-0.25, -0.2) is 0 Å². The molecule has 38 heavy (non-hydrogen) atoms. The quantitative estimate of drug-likeness (QED) is 0.406. The minimum Gasteiger partial charge on any atom is -0.368 e. The number of amides is 1. The second-order valence-corrected chi connectivity index (χ2v) is 10.0. The monoisotopic (exact) mass is 510 g/mol. The van der Waals surface area contributed by atoms with Gasteiger partial charge < -0.3 is 20.4 Å². The number of likely N-dealkylation sites (N-methyl/N-ethyl adjacent to an activating group) is 1. The fourth-order valence-corrected chi connectivity index (χ4v) is 4.59. The predicted molar refractivity (Wildman–Crippen MR) is 158 cm³/mol. The highest BCUT2D eigenvalue weighted by atomic mass is 16.1. The van der Waals surface area contributed by atoms with E-state index in [4.69, 9.17) is 4.99 Å². The summed E-state index contributed by atoms with van der Waals surface area (Å²) in [6.07, 6.45) is 11.3. The summed E-state index contributed by atoms with van der Waals surface area (Å²) in [6, 6.07) is 10.8. The van der Waals surface area contributed by atoms with E-state index in [1.165, 1.54) is 5.69 Å². The molecule has 1 amide bonds. The Morgan fingerprint density at radius 2 is 1.95 bits per heavy atom. The third-order valence-corrected chi connectivity index (χ3v) is 6.67. The Morgan fingerprint density at radius 1 is 1.16 bits per heavy atom. The normalized spacial score (nSPS) is 17.0. The Kier molecular flexibility index (Phi) is 8.92. The van der Waals surface area contributed by atoms with Crippen LogP contribution in [0.2, 0.25) is 0 Å². The van der Waals surface area contributed by atoms with Crippen LogP contribution in [-0.2, 0) is 4.79 Å². The zero-order chi connectivity index (χ0) is 27.1. The number of aromatic nitrogens is 1.